The van der Waals surface area contributed by atoms with Crippen LogP contribution in [0.3, 0.4) is 0 Å². The van der Waals surface area contributed by atoms with Crippen molar-refractivity contribution in [2.45, 2.75) is 6.92 Å². The van der Waals surface area contributed by atoms with Crippen molar-refractivity contribution >= 4 is 11.5 Å². The lowest BCUT2D eigenvalue weighted by molar-refractivity contribution is 0.103. The lowest BCUT2D eigenvalue weighted by Crippen LogP contribution is -2.05. The van der Waals surface area contributed by atoms with E-state index in [0.29, 0.717) is 11.4 Å². The minimum absolute atomic E-state index is 0.0956. The number of nitrogens with one attached hydrogen (secondary N) is 1. The number of hydrogen-bond acceptors (Lipinski definition) is 5. The molecular formula is C18H16N2O3. The molecule has 0 spiro atoms. The Morgan fingerprint density at radius 1 is 1.26 bits per heavy atom. The Kier molecular flexibility index (Phi) is 5.00. The topological polar surface area (TPSA) is 82.3 Å². The molecule has 116 valence electrons. The Morgan fingerprint density at radius 3 is 2.57 bits per heavy atom. The highest BCUT2D eigenvalue weighted by Gasteiger charge is 2.16. The first kappa shape index (κ1) is 16.1. The van der Waals surface area contributed by atoms with Gasteiger partial charge in [-0.05, 0) is 43.3 Å². The number of rotatable bonds is 5. The molecule has 0 aliphatic rings. The zero-order chi connectivity index (χ0) is 16.8. The largest absolute Gasteiger partial charge is 0.507 e. The molecular weight excluding hydrogens is 292 g/mol. The summed E-state index contributed by atoms with van der Waals surface area (Å²) in [6.45, 7) is 1.81. The molecule has 0 heterocycles. The van der Waals surface area contributed by atoms with Crippen LogP contribution in [0, 0.1) is 18.3 Å². The number of aryl methyl sites for hydroxylation is 1. The van der Waals surface area contributed by atoms with Crippen LogP contribution in [-0.2, 0) is 0 Å². The standard InChI is InChI=1S/C18H16N2O3/c1-12-3-8-17(21)16(9-12)18(22)13(10-19)11-20-14-4-6-15(23-2)7-5-14/h3-9,11,20-21H,1-2H3/b13-11+. The van der Waals surface area contributed by atoms with Crippen molar-refractivity contribution in [3.63, 3.8) is 0 Å². The molecule has 5 nitrogen and oxygen atoms in total. The predicted octanol–water partition coefficient (Wildman–Crippen LogP) is 3.41. The van der Waals surface area contributed by atoms with Gasteiger partial charge >= 0.3 is 0 Å². The van der Waals surface area contributed by atoms with Gasteiger partial charge in [0.2, 0.25) is 5.78 Å². The third-order valence-electron chi connectivity index (χ3n) is 3.23. The third-order valence-corrected chi connectivity index (χ3v) is 3.23. The summed E-state index contributed by atoms with van der Waals surface area (Å²) in [7, 11) is 1.57. The van der Waals surface area contributed by atoms with Gasteiger partial charge in [0.15, 0.2) is 0 Å². The van der Waals surface area contributed by atoms with Crippen LogP contribution < -0.4 is 10.1 Å². The van der Waals surface area contributed by atoms with E-state index < -0.39 is 5.78 Å². The van der Waals surface area contributed by atoms with Gasteiger partial charge in [-0.1, -0.05) is 11.6 Å². The molecule has 0 aromatic heterocycles. The first-order chi connectivity index (χ1) is 11.0. The van der Waals surface area contributed by atoms with Gasteiger partial charge in [-0.3, -0.25) is 4.79 Å². The Hall–Kier alpha value is -3.26. The number of carbonyl (C=O) groups is 1. The number of aromatic hydroxyl groups is 1. The van der Waals surface area contributed by atoms with E-state index in [1.54, 1.807) is 43.5 Å². The highest BCUT2D eigenvalue weighted by atomic mass is 16.5. The molecule has 2 N–H and O–H groups in total. The number of phenolic OH excluding ortho intramolecular Hbond substituents is 1. The van der Waals surface area contributed by atoms with Gasteiger partial charge in [0.1, 0.15) is 23.1 Å². The number of allylic oxidation sites excluding steroid dienone is 1. The molecule has 2 aromatic carbocycles. The Morgan fingerprint density at radius 2 is 1.96 bits per heavy atom. The van der Waals surface area contributed by atoms with Crippen LogP contribution in [0.15, 0.2) is 54.2 Å². The molecule has 5 heteroatoms. The number of phenols is 1. The minimum atomic E-state index is -0.533. The van der Waals surface area contributed by atoms with Crippen LogP contribution in [-0.4, -0.2) is 18.0 Å². The van der Waals surface area contributed by atoms with Crippen LogP contribution in [0.4, 0.5) is 5.69 Å². The normalized spacial score (nSPS) is 10.7. The third kappa shape index (κ3) is 3.89. The fourth-order valence-corrected chi connectivity index (χ4v) is 1.97. The van der Waals surface area contributed by atoms with Crippen molar-refractivity contribution in [2.75, 3.05) is 12.4 Å². The molecule has 0 aliphatic heterocycles. The van der Waals surface area contributed by atoms with E-state index in [-0.39, 0.29) is 16.9 Å². The zero-order valence-electron chi connectivity index (χ0n) is 12.8. The van der Waals surface area contributed by atoms with Gasteiger partial charge in [0, 0.05) is 11.9 Å². The summed E-state index contributed by atoms with van der Waals surface area (Å²) in [4.78, 5) is 12.4. The quantitative estimate of drug-likeness (QED) is 0.502. The summed E-state index contributed by atoms with van der Waals surface area (Å²) in [5, 5.41) is 21.9. The number of ketones is 1. The van der Waals surface area contributed by atoms with Gasteiger partial charge in [0.05, 0.1) is 12.7 Å². The smallest absolute Gasteiger partial charge is 0.208 e. The SMILES string of the molecule is COc1ccc(N/C=C(\C#N)C(=O)c2cc(C)ccc2O)cc1. The first-order valence-electron chi connectivity index (χ1n) is 6.90. The Labute approximate surface area is 134 Å². The molecule has 0 atom stereocenters. The van der Waals surface area contributed by atoms with Crippen molar-refractivity contribution in [1.82, 2.24) is 0 Å². The summed E-state index contributed by atoms with van der Waals surface area (Å²) in [6.07, 6.45) is 1.33. The van der Waals surface area contributed by atoms with Crippen molar-refractivity contribution in [2.24, 2.45) is 0 Å². The average molecular weight is 308 g/mol. The molecule has 0 saturated carbocycles. The summed E-state index contributed by atoms with van der Waals surface area (Å²) >= 11 is 0. The maximum Gasteiger partial charge on any atom is 0.208 e. The van der Waals surface area contributed by atoms with Crippen molar-refractivity contribution in [1.29, 1.82) is 5.26 Å². The van der Waals surface area contributed by atoms with Crippen molar-refractivity contribution in [3.05, 3.63) is 65.4 Å². The molecule has 0 fully saturated rings. The van der Waals surface area contributed by atoms with E-state index in [1.165, 1.54) is 12.3 Å². The fourth-order valence-electron chi connectivity index (χ4n) is 1.97. The highest BCUT2D eigenvalue weighted by Crippen LogP contribution is 2.22. The molecule has 0 saturated heterocycles. The van der Waals surface area contributed by atoms with E-state index in [4.69, 9.17) is 4.74 Å². The first-order valence-corrected chi connectivity index (χ1v) is 6.90. The van der Waals surface area contributed by atoms with Crippen LogP contribution in [0.2, 0.25) is 0 Å². The molecule has 0 radical (unpaired) electrons. The van der Waals surface area contributed by atoms with Gasteiger partial charge in [-0.15, -0.1) is 0 Å². The van der Waals surface area contributed by atoms with Crippen LogP contribution in [0.1, 0.15) is 15.9 Å². The van der Waals surface area contributed by atoms with Crippen LogP contribution in [0.25, 0.3) is 0 Å². The second-order valence-electron chi connectivity index (χ2n) is 4.89. The maximum absolute atomic E-state index is 12.4. The zero-order valence-corrected chi connectivity index (χ0v) is 12.8. The monoisotopic (exact) mass is 308 g/mol. The van der Waals surface area contributed by atoms with Crippen molar-refractivity contribution < 1.29 is 14.6 Å². The minimum Gasteiger partial charge on any atom is -0.507 e. The van der Waals surface area contributed by atoms with E-state index in [0.717, 1.165) is 5.56 Å². The van der Waals surface area contributed by atoms with E-state index in [9.17, 15) is 15.2 Å². The number of Topliss-reactive ketones (excluding diaryl/α,β-unsaturated/α-hetero) is 1. The summed E-state index contributed by atoms with van der Waals surface area (Å²) in [6, 6.07) is 13.6. The highest BCUT2D eigenvalue weighted by molar-refractivity contribution is 6.13. The molecule has 2 aromatic rings. The summed E-state index contributed by atoms with van der Waals surface area (Å²) in [5.74, 6) is 0.0294. The number of benzene rings is 2. The number of methoxy groups -OCH3 is 1. The van der Waals surface area contributed by atoms with E-state index in [2.05, 4.69) is 5.32 Å². The number of nitriles is 1. The van der Waals surface area contributed by atoms with E-state index in [1.807, 2.05) is 13.0 Å². The molecule has 23 heavy (non-hydrogen) atoms. The number of ether oxygens (including phenoxy) is 1. The second-order valence-corrected chi connectivity index (χ2v) is 4.89. The van der Waals surface area contributed by atoms with E-state index >= 15 is 0 Å². The number of nitrogens with zero attached hydrogens (tertiary/aromatic N) is 1. The molecule has 0 amide bonds. The Bertz CT molecular complexity index is 787. The van der Waals surface area contributed by atoms with Crippen molar-refractivity contribution in [3.8, 4) is 17.6 Å². The number of hydrogen-bond donors (Lipinski definition) is 2. The lowest BCUT2D eigenvalue weighted by atomic mass is 10.0. The van der Waals surface area contributed by atoms with Gasteiger partial charge in [0.25, 0.3) is 0 Å². The molecule has 0 bridgehead atoms. The van der Waals surface area contributed by atoms with Gasteiger partial charge in [-0.25, -0.2) is 0 Å². The maximum atomic E-state index is 12.4. The van der Waals surface area contributed by atoms with Crippen LogP contribution in [0.5, 0.6) is 11.5 Å². The Balaban J connectivity index is 2.22. The summed E-state index contributed by atoms with van der Waals surface area (Å²) < 4.78 is 5.06. The number of anilines is 1. The van der Waals surface area contributed by atoms with Gasteiger partial charge in [-0.2, -0.15) is 5.26 Å². The number of carbonyl (C=O) groups excluding carboxylic acids is 1. The molecule has 2 rings (SSSR count). The molecule has 0 unspecified atom stereocenters. The van der Waals surface area contributed by atoms with Gasteiger partial charge < -0.3 is 15.2 Å². The fraction of sp³-hybridized carbons (Fsp3) is 0.111. The summed E-state index contributed by atoms with van der Waals surface area (Å²) in [5.41, 5.74) is 1.54. The lowest BCUT2D eigenvalue weighted by Gasteiger charge is -2.06. The predicted molar refractivity (Wildman–Crippen MR) is 87.5 cm³/mol. The molecule has 0 aliphatic carbocycles. The second kappa shape index (κ2) is 7.14. The average Bonchev–Trinajstić information content (AvgIpc) is 2.58. The van der Waals surface area contributed by atoms with Crippen LogP contribution >= 0.6 is 0 Å².